The molecule has 2 heterocycles. The highest BCUT2D eigenvalue weighted by molar-refractivity contribution is 7.13. The Hall–Kier alpha value is -2.37. The van der Waals surface area contributed by atoms with E-state index in [1.807, 2.05) is 5.38 Å². The van der Waals surface area contributed by atoms with Gasteiger partial charge in [0.1, 0.15) is 5.75 Å². The van der Waals surface area contributed by atoms with Crippen molar-refractivity contribution in [2.24, 2.45) is 0 Å². The van der Waals surface area contributed by atoms with Crippen molar-refractivity contribution >= 4 is 16.5 Å². The van der Waals surface area contributed by atoms with Gasteiger partial charge in [-0.3, -0.25) is 0 Å². The third-order valence-corrected chi connectivity index (χ3v) is 6.72. The van der Waals surface area contributed by atoms with Gasteiger partial charge in [0, 0.05) is 23.4 Å². The van der Waals surface area contributed by atoms with E-state index >= 15 is 0 Å². The van der Waals surface area contributed by atoms with E-state index in [1.54, 1.807) is 7.11 Å². The molecule has 4 rings (SSSR count). The highest BCUT2D eigenvalue weighted by Gasteiger charge is 2.23. The largest absolute Gasteiger partial charge is 0.496 e. The van der Waals surface area contributed by atoms with Gasteiger partial charge in [-0.1, -0.05) is 42.5 Å². The Kier molecular flexibility index (Phi) is 7.03. The topological polar surface area (TPSA) is 51.4 Å². The number of thiazole rings is 1. The summed E-state index contributed by atoms with van der Waals surface area (Å²) in [4.78, 5) is 6.99. The third-order valence-electron chi connectivity index (χ3n) is 6.05. The van der Waals surface area contributed by atoms with Crippen LogP contribution in [0.1, 0.15) is 42.7 Å². The smallest absolute Gasteiger partial charge is 0.180 e. The summed E-state index contributed by atoms with van der Waals surface area (Å²) in [6.45, 7) is 3.55. The van der Waals surface area contributed by atoms with Crippen molar-refractivity contribution in [2.75, 3.05) is 32.5 Å². The van der Waals surface area contributed by atoms with Crippen LogP contribution >= 0.6 is 11.3 Å². The fourth-order valence-corrected chi connectivity index (χ4v) is 5.02. The Morgan fingerprint density at radius 1 is 1.13 bits per heavy atom. The standard InChI is InChI=1S/C25H31N3OS/c1-29-24-10-3-2-9-22(24)21-8-6-16-28(17-21)15-5-4-7-19-11-13-20(14-12-19)23-18-30-25(26)27-23/h2-3,9-14,18,21H,4-8,15-17H2,1H3,(H2,26,27). The molecule has 1 aromatic heterocycles. The molecule has 1 aliphatic rings. The lowest BCUT2D eigenvalue weighted by Crippen LogP contribution is -2.35. The molecule has 3 aromatic rings. The van der Waals surface area contributed by atoms with Crippen LogP contribution in [0.15, 0.2) is 53.9 Å². The first-order chi connectivity index (χ1) is 14.7. The van der Waals surface area contributed by atoms with Gasteiger partial charge in [0.15, 0.2) is 5.13 Å². The summed E-state index contributed by atoms with van der Waals surface area (Å²) < 4.78 is 5.59. The summed E-state index contributed by atoms with van der Waals surface area (Å²) in [5, 5.41) is 2.64. The van der Waals surface area contributed by atoms with Gasteiger partial charge in [-0.25, -0.2) is 4.98 Å². The van der Waals surface area contributed by atoms with Gasteiger partial charge in [-0.05, 0) is 62.4 Å². The number of aryl methyl sites for hydroxylation is 1. The number of para-hydroxylation sites is 1. The zero-order valence-electron chi connectivity index (χ0n) is 17.7. The lowest BCUT2D eigenvalue weighted by atomic mass is 9.90. The molecule has 0 spiro atoms. The molecule has 5 heteroatoms. The van der Waals surface area contributed by atoms with Crippen LogP contribution in [0, 0.1) is 0 Å². The number of likely N-dealkylation sites (tertiary alicyclic amines) is 1. The minimum Gasteiger partial charge on any atom is -0.496 e. The van der Waals surface area contributed by atoms with E-state index in [-0.39, 0.29) is 0 Å². The number of nitrogens with zero attached hydrogens (tertiary/aromatic N) is 2. The van der Waals surface area contributed by atoms with Gasteiger partial charge in [0.05, 0.1) is 12.8 Å². The number of anilines is 1. The minimum absolute atomic E-state index is 0.585. The molecule has 1 saturated heterocycles. The molecule has 158 valence electrons. The van der Waals surface area contributed by atoms with Crippen molar-refractivity contribution in [1.29, 1.82) is 0 Å². The van der Waals surface area contributed by atoms with Crippen LogP contribution in [0.25, 0.3) is 11.3 Å². The lowest BCUT2D eigenvalue weighted by Gasteiger charge is -2.33. The van der Waals surface area contributed by atoms with E-state index in [9.17, 15) is 0 Å². The van der Waals surface area contributed by atoms with Gasteiger partial charge in [0.2, 0.25) is 0 Å². The van der Waals surface area contributed by atoms with Crippen LogP contribution in [-0.4, -0.2) is 36.6 Å². The molecule has 0 radical (unpaired) electrons. The number of hydrogen-bond donors (Lipinski definition) is 1. The number of aromatic nitrogens is 1. The number of piperidine rings is 1. The van der Waals surface area contributed by atoms with Crippen LogP contribution in [0.4, 0.5) is 5.13 Å². The second-order valence-corrected chi connectivity index (χ2v) is 9.00. The third kappa shape index (κ3) is 5.21. The van der Waals surface area contributed by atoms with E-state index in [0.717, 1.165) is 30.0 Å². The maximum atomic E-state index is 5.74. The normalized spacial score (nSPS) is 17.2. The summed E-state index contributed by atoms with van der Waals surface area (Å²) in [5.41, 5.74) is 10.6. The fraction of sp³-hybridized carbons (Fsp3) is 0.400. The Labute approximate surface area is 183 Å². The molecular formula is C25H31N3OS. The zero-order chi connectivity index (χ0) is 20.8. The molecule has 2 N–H and O–H groups in total. The van der Waals surface area contributed by atoms with Crippen LogP contribution in [0.3, 0.4) is 0 Å². The number of nitrogens with two attached hydrogens (primary N) is 1. The first kappa shape index (κ1) is 20.9. The lowest BCUT2D eigenvalue weighted by molar-refractivity contribution is 0.202. The molecule has 0 bridgehead atoms. The molecular weight excluding hydrogens is 390 g/mol. The molecule has 4 nitrogen and oxygen atoms in total. The van der Waals surface area contributed by atoms with Crippen molar-refractivity contribution in [3.05, 3.63) is 65.0 Å². The number of unbranched alkanes of at least 4 members (excludes halogenated alkanes) is 1. The van der Waals surface area contributed by atoms with E-state index in [2.05, 4.69) is 58.4 Å². The fourth-order valence-electron chi connectivity index (χ4n) is 4.44. The number of ether oxygens (including phenoxy) is 1. The summed E-state index contributed by atoms with van der Waals surface area (Å²) in [6, 6.07) is 17.3. The Morgan fingerprint density at radius 3 is 2.73 bits per heavy atom. The van der Waals surface area contributed by atoms with E-state index in [4.69, 9.17) is 10.5 Å². The van der Waals surface area contributed by atoms with Crippen molar-refractivity contribution in [3.63, 3.8) is 0 Å². The second-order valence-electron chi connectivity index (χ2n) is 8.11. The Bertz CT molecular complexity index is 938. The van der Waals surface area contributed by atoms with Crippen molar-refractivity contribution in [1.82, 2.24) is 9.88 Å². The number of methoxy groups -OCH3 is 1. The molecule has 1 fully saturated rings. The molecule has 1 aliphatic heterocycles. The van der Waals surface area contributed by atoms with E-state index < -0.39 is 0 Å². The van der Waals surface area contributed by atoms with Crippen molar-refractivity contribution < 1.29 is 4.74 Å². The van der Waals surface area contributed by atoms with Crippen LogP contribution < -0.4 is 10.5 Å². The summed E-state index contributed by atoms with van der Waals surface area (Å²) in [7, 11) is 1.78. The monoisotopic (exact) mass is 421 g/mol. The number of hydrogen-bond acceptors (Lipinski definition) is 5. The molecule has 30 heavy (non-hydrogen) atoms. The van der Waals surface area contributed by atoms with E-state index in [0.29, 0.717) is 11.0 Å². The maximum Gasteiger partial charge on any atom is 0.180 e. The first-order valence-electron chi connectivity index (χ1n) is 10.9. The van der Waals surface area contributed by atoms with Gasteiger partial charge in [0.25, 0.3) is 0 Å². The summed E-state index contributed by atoms with van der Waals surface area (Å²) in [5.74, 6) is 1.62. The maximum absolute atomic E-state index is 5.74. The second kappa shape index (κ2) is 10.1. The van der Waals surface area contributed by atoms with Crippen LogP contribution in [0.2, 0.25) is 0 Å². The van der Waals surface area contributed by atoms with Gasteiger partial charge >= 0.3 is 0 Å². The summed E-state index contributed by atoms with van der Waals surface area (Å²) in [6.07, 6.45) is 6.12. The van der Waals surface area contributed by atoms with Gasteiger partial charge in [-0.15, -0.1) is 11.3 Å². The van der Waals surface area contributed by atoms with Crippen molar-refractivity contribution in [2.45, 2.75) is 38.0 Å². The number of nitrogen functional groups attached to an aromatic ring is 1. The highest BCUT2D eigenvalue weighted by atomic mass is 32.1. The summed E-state index contributed by atoms with van der Waals surface area (Å²) >= 11 is 1.49. The molecule has 2 aromatic carbocycles. The molecule has 0 amide bonds. The average molecular weight is 422 g/mol. The van der Waals surface area contributed by atoms with Crippen LogP contribution in [0.5, 0.6) is 5.75 Å². The van der Waals surface area contributed by atoms with E-state index in [1.165, 1.54) is 61.2 Å². The Morgan fingerprint density at radius 2 is 1.97 bits per heavy atom. The SMILES string of the molecule is COc1ccccc1C1CCCN(CCCCc2ccc(-c3csc(N)n3)cc2)C1. The Balaban J connectivity index is 1.23. The molecule has 0 saturated carbocycles. The zero-order valence-corrected chi connectivity index (χ0v) is 18.5. The predicted molar refractivity (Wildman–Crippen MR) is 126 cm³/mol. The first-order valence-corrected chi connectivity index (χ1v) is 11.8. The van der Waals surface area contributed by atoms with Crippen molar-refractivity contribution in [3.8, 4) is 17.0 Å². The van der Waals surface area contributed by atoms with Gasteiger partial charge < -0.3 is 15.4 Å². The molecule has 1 atom stereocenters. The molecule has 0 aliphatic carbocycles. The predicted octanol–water partition coefficient (Wildman–Crippen LogP) is 5.60. The van der Waals surface area contributed by atoms with Crippen LogP contribution in [-0.2, 0) is 6.42 Å². The minimum atomic E-state index is 0.585. The number of rotatable bonds is 8. The average Bonchev–Trinajstić information content (AvgIpc) is 3.23. The molecule has 1 unspecified atom stereocenters. The number of benzene rings is 2. The quantitative estimate of drug-likeness (QED) is 0.481. The van der Waals surface area contributed by atoms with Gasteiger partial charge in [-0.2, -0.15) is 0 Å². The highest BCUT2D eigenvalue weighted by Crippen LogP contribution is 2.33.